The number of fused-ring (bicyclic) bond motifs is 4. The van der Waals surface area contributed by atoms with Gasteiger partial charge >= 0.3 is 65.3 Å². The number of benzene rings is 5. The Morgan fingerprint density at radius 1 is 0.741 bits per heavy atom. The molecule has 0 saturated carbocycles. The van der Waals surface area contributed by atoms with Crippen molar-refractivity contribution < 1.29 is 158 Å². The maximum Gasteiger partial charge on any atom is 1.00 e. The van der Waals surface area contributed by atoms with Gasteiger partial charge in [0.1, 0.15) is 27.2 Å². The monoisotopic (exact) mass is 987 g/mol. The number of aliphatic hydroxyl groups is 2. The third kappa shape index (κ3) is 12.5. The Morgan fingerprint density at radius 2 is 1.22 bits per heavy atom. The zero-order chi connectivity index (χ0) is 39.7. The predicted molar refractivity (Wildman–Crippen MR) is 200 cm³/mol. The first-order valence-electron chi connectivity index (χ1n) is 16.6. The molecule has 2 aromatic heterocycles. The molecule has 0 bridgehead atoms. The normalized spacial score (nSPS) is 12.9. The Kier molecular flexibility index (Phi) is 18.7. The first-order chi connectivity index (χ1) is 26.0. The number of hydrogen-bond donors (Lipinski definition) is 2. The fourth-order valence-corrected chi connectivity index (χ4v) is 6.91. The van der Waals surface area contributed by atoms with E-state index in [9.17, 15) is 40.0 Å². The number of pyridine rings is 2. The molecule has 0 spiro atoms. The number of nitrogens with zero attached hydrogens (tertiary/aromatic N) is 2. The van der Waals surface area contributed by atoms with Crippen LogP contribution >= 0.6 is 0 Å². The van der Waals surface area contributed by atoms with E-state index < -0.39 is 46.3 Å². The molecule has 7 aromatic rings. The molecule has 291 valence electrons. The van der Waals surface area contributed by atoms with Crippen LogP contribution in [-0.4, -0.2) is 54.2 Å². The summed E-state index contributed by atoms with van der Waals surface area (Å²) in [5, 5.41) is 22.2. The maximum absolute atomic E-state index is 12.2. The van der Waals surface area contributed by atoms with E-state index in [0.29, 0.717) is 16.6 Å². The van der Waals surface area contributed by atoms with Crippen LogP contribution in [0.2, 0.25) is 0 Å². The Labute approximate surface area is 420 Å². The summed E-state index contributed by atoms with van der Waals surface area (Å²) in [6.45, 7) is 3.76. The van der Waals surface area contributed by atoms with Gasteiger partial charge in [-0.15, -0.1) is 0 Å². The van der Waals surface area contributed by atoms with Crippen molar-refractivity contribution in [3.63, 3.8) is 0 Å². The molecule has 2 N–H and O–H groups in total. The van der Waals surface area contributed by atoms with Gasteiger partial charge in [0.25, 0.3) is 0 Å². The zero-order valence-electron chi connectivity index (χ0n) is 31.4. The van der Waals surface area contributed by atoms with E-state index in [-0.39, 0.29) is 119 Å². The van der Waals surface area contributed by atoms with Gasteiger partial charge in [-0.2, -0.15) is 13.2 Å². The van der Waals surface area contributed by atoms with Crippen LogP contribution in [-0.2, 0) is 21.5 Å². The van der Waals surface area contributed by atoms with E-state index in [1.54, 1.807) is 54.6 Å². The van der Waals surface area contributed by atoms with E-state index in [1.807, 2.05) is 62.4 Å². The summed E-state index contributed by atoms with van der Waals surface area (Å²) >= 11 is -2.65. The molecule has 0 saturated heterocycles. The van der Waals surface area contributed by atoms with Crippen LogP contribution in [0.1, 0.15) is 29.5 Å². The fraction of sp³-hybridized carbons (Fsp3) is 0.150. The predicted octanol–water partition coefficient (Wildman–Crippen LogP) is 2.01. The molecule has 10 nitrogen and oxygen atoms in total. The van der Waals surface area contributed by atoms with Gasteiger partial charge in [-0.1, -0.05) is 72.8 Å². The van der Waals surface area contributed by atoms with Gasteiger partial charge < -0.3 is 23.5 Å². The zero-order valence-corrected chi connectivity index (χ0v) is 39.5. The molecule has 3 unspecified atom stereocenters. The smallest absolute Gasteiger partial charge is 0.744 e. The van der Waals surface area contributed by atoms with Crippen molar-refractivity contribution in [2.24, 2.45) is 0 Å². The molecule has 0 amide bonds. The topological polar surface area (TPSA) is 173 Å². The molecule has 0 aliphatic carbocycles. The number of aryl methyl sites for hydroxylation is 2. The molecule has 1 radical (unpaired) electrons. The molecule has 0 aliphatic heterocycles. The summed E-state index contributed by atoms with van der Waals surface area (Å²) in [7, 11) is -4.54. The number of aromatic nitrogens is 2. The second kappa shape index (κ2) is 21.4. The van der Waals surface area contributed by atoms with Crippen LogP contribution in [0.5, 0.6) is 5.75 Å². The molecular weight excluding hydrogens is 956 g/mol. The standard InChI is InChI=1S/C26H20N2O6S2.C14H13F3O2.Eu.2Na/c1-15-13-23(17-3-7-19(8-4-17)34-35(29)30)21-11-12-22-24(14-16(2)28-26(22)25(21)27-15)18-5-9-20(10-6-18)36(31,32)33;15-14(16,17)13(19)8-12(18)11-6-5-9-3-1-2-4-10(9)7-11;;;/h3-14H,1-2H3,(H,29,30)(H,31,32,33);1-7,12-13,18-19H,8H2;;;/q;;;2*+1/p-2. The van der Waals surface area contributed by atoms with E-state index in [0.717, 1.165) is 55.2 Å². The van der Waals surface area contributed by atoms with Gasteiger partial charge in [0, 0.05) is 78.0 Å². The second-order valence-corrected chi connectivity index (χ2v) is 14.6. The van der Waals surface area contributed by atoms with Crippen molar-refractivity contribution in [1.82, 2.24) is 9.97 Å². The summed E-state index contributed by atoms with van der Waals surface area (Å²) in [6.07, 6.45) is -9.34. The van der Waals surface area contributed by atoms with Crippen LogP contribution in [0.3, 0.4) is 0 Å². The van der Waals surface area contributed by atoms with Crippen molar-refractivity contribution in [1.29, 1.82) is 0 Å². The maximum atomic E-state index is 12.2. The Balaban J connectivity index is 0.000000350. The van der Waals surface area contributed by atoms with E-state index >= 15 is 0 Å². The van der Waals surface area contributed by atoms with Gasteiger partial charge in [0.05, 0.1) is 22.0 Å². The van der Waals surface area contributed by atoms with Crippen LogP contribution in [0.15, 0.2) is 120 Å². The Morgan fingerprint density at radius 3 is 1.69 bits per heavy atom. The van der Waals surface area contributed by atoms with E-state index in [1.165, 1.54) is 12.1 Å². The van der Waals surface area contributed by atoms with Gasteiger partial charge in [0.2, 0.25) is 0 Å². The van der Waals surface area contributed by atoms with Gasteiger partial charge in [0.15, 0.2) is 6.10 Å². The largest absolute Gasteiger partial charge is 1.00 e. The molecule has 7 rings (SSSR count). The van der Waals surface area contributed by atoms with Crippen LogP contribution < -0.4 is 63.3 Å². The summed E-state index contributed by atoms with van der Waals surface area (Å²) < 4.78 is 97.0. The minimum absolute atomic E-state index is 0. The third-order valence-electron chi connectivity index (χ3n) is 8.78. The SMILES string of the molecule is Cc1cc(-c2ccc(OS(=O)[O-])cc2)c2ccc3c(-c4ccc(S(=O)(=O)[O-])cc4)cc(C)nc3c2n1.OC(CC(O)C(F)(F)F)c1ccc2ccccc2c1.[Eu].[Na+].[Na+]. The van der Waals surface area contributed by atoms with Gasteiger partial charge in [-0.05, 0) is 94.9 Å². The number of rotatable bonds is 8. The molecule has 0 aliphatic rings. The van der Waals surface area contributed by atoms with Crippen molar-refractivity contribution >= 4 is 54.1 Å². The number of halogens is 3. The van der Waals surface area contributed by atoms with Gasteiger partial charge in [-0.25, -0.2) is 12.6 Å². The minimum atomic E-state index is -4.71. The average molecular weight is 987 g/mol. The number of alkyl halides is 3. The van der Waals surface area contributed by atoms with Gasteiger partial charge in [-0.3, -0.25) is 9.97 Å². The second-order valence-electron chi connectivity index (χ2n) is 12.7. The first-order valence-corrected chi connectivity index (χ1v) is 19.0. The quantitative estimate of drug-likeness (QED) is 0.0994. The third-order valence-corrected chi connectivity index (χ3v) is 9.96. The summed E-state index contributed by atoms with van der Waals surface area (Å²) in [5.41, 5.74) is 6.63. The van der Waals surface area contributed by atoms with Crippen molar-refractivity contribution in [2.45, 2.75) is 43.5 Å². The fourth-order valence-electron chi connectivity index (χ4n) is 6.17. The van der Waals surface area contributed by atoms with Crippen molar-refractivity contribution in [3.05, 3.63) is 132 Å². The molecule has 18 heteroatoms. The Bertz CT molecular complexity index is 2680. The minimum Gasteiger partial charge on any atom is -0.744 e. The number of hydrogen-bond acceptors (Lipinski definition) is 10. The van der Waals surface area contributed by atoms with Crippen molar-refractivity contribution in [3.8, 4) is 28.0 Å². The van der Waals surface area contributed by atoms with Crippen LogP contribution in [0.25, 0.3) is 54.8 Å². The molecule has 5 aromatic carbocycles. The summed E-state index contributed by atoms with van der Waals surface area (Å²) in [6, 6.07) is 32.6. The number of aliphatic hydroxyl groups excluding tert-OH is 2. The molecule has 58 heavy (non-hydrogen) atoms. The Hall–Kier alpha value is -1.71. The summed E-state index contributed by atoms with van der Waals surface area (Å²) in [4.78, 5) is 9.27. The van der Waals surface area contributed by atoms with Crippen molar-refractivity contribution in [2.75, 3.05) is 0 Å². The first kappa shape index (κ1) is 50.6. The summed E-state index contributed by atoms with van der Waals surface area (Å²) in [5.74, 6) is 0.213. The molecule has 2 heterocycles. The van der Waals surface area contributed by atoms with E-state index in [2.05, 4.69) is 0 Å². The molecule has 0 fully saturated rings. The molecule has 3 atom stereocenters. The van der Waals surface area contributed by atoms with E-state index in [4.69, 9.17) is 19.3 Å². The van der Waals surface area contributed by atoms with Crippen LogP contribution in [0.4, 0.5) is 13.2 Å². The van der Waals surface area contributed by atoms with Crippen LogP contribution in [0, 0.1) is 63.2 Å². The molecular formula is C40H31EuF3N2Na2O8S2. The average Bonchev–Trinajstić information content (AvgIpc) is 3.13.